The molecule has 1 aliphatic rings. The summed E-state index contributed by atoms with van der Waals surface area (Å²) in [5.41, 5.74) is 4.72. The quantitative estimate of drug-likeness (QED) is 0.918. The SMILES string of the molecule is CCc1ccc2c(c1)CCc1cc(C(=O)O)ccc1C2=O. The van der Waals surface area contributed by atoms with Gasteiger partial charge in [0, 0.05) is 11.1 Å². The van der Waals surface area contributed by atoms with Crippen molar-refractivity contribution in [1.29, 1.82) is 0 Å². The smallest absolute Gasteiger partial charge is 0.335 e. The van der Waals surface area contributed by atoms with Crippen molar-refractivity contribution in [3.63, 3.8) is 0 Å². The monoisotopic (exact) mass is 280 g/mol. The average Bonchev–Trinajstić information content (AvgIpc) is 2.64. The molecule has 0 unspecified atom stereocenters. The van der Waals surface area contributed by atoms with Gasteiger partial charge in [-0.25, -0.2) is 4.79 Å². The summed E-state index contributed by atoms with van der Waals surface area (Å²) in [5.74, 6) is -0.961. The third kappa shape index (κ3) is 2.35. The lowest BCUT2D eigenvalue weighted by Gasteiger charge is -2.07. The molecule has 2 aromatic rings. The lowest BCUT2D eigenvalue weighted by atomic mass is 9.96. The highest BCUT2D eigenvalue weighted by Gasteiger charge is 2.22. The van der Waals surface area contributed by atoms with Crippen LogP contribution in [0, 0.1) is 0 Å². The Hall–Kier alpha value is -2.42. The van der Waals surface area contributed by atoms with Crippen LogP contribution in [0.1, 0.15) is 49.9 Å². The summed E-state index contributed by atoms with van der Waals surface area (Å²) >= 11 is 0. The van der Waals surface area contributed by atoms with Crippen molar-refractivity contribution < 1.29 is 14.7 Å². The van der Waals surface area contributed by atoms with Gasteiger partial charge in [0.1, 0.15) is 0 Å². The highest BCUT2D eigenvalue weighted by molar-refractivity contribution is 6.11. The van der Waals surface area contributed by atoms with Crippen molar-refractivity contribution in [3.05, 3.63) is 69.8 Å². The van der Waals surface area contributed by atoms with Gasteiger partial charge in [-0.3, -0.25) is 4.79 Å². The van der Waals surface area contributed by atoms with Crippen molar-refractivity contribution >= 4 is 11.8 Å². The van der Waals surface area contributed by atoms with E-state index in [4.69, 9.17) is 5.11 Å². The normalized spacial score (nSPS) is 13.3. The van der Waals surface area contributed by atoms with Gasteiger partial charge < -0.3 is 5.11 Å². The van der Waals surface area contributed by atoms with Crippen LogP contribution in [-0.2, 0) is 19.3 Å². The highest BCUT2D eigenvalue weighted by Crippen LogP contribution is 2.26. The van der Waals surface area contributed by atoms with Gasteiger partial charge in [-0.15, -0.1) is 0 Å². The topological polar surface area (TPSA) is 54.4 Å². The van der Waals surface area contributed by atoms with Crippen LogP contribution in [0.15, 0.2) is 36.4 Å². The summed E-state index contributed by atoms with van der Waals surface area (Å²) < 4.78 is 0. The van der Waals surface area contributed by atoms with Gasteiger partial charge in [0.05, 0.1) is 5.56 Å². The first-order chi connectivity index (χ1) is 10.1. The van der Waals surface area contributed by atoms with Gasteiger partial charge >= 0.3 is 5.97 Å². The first kappa shape index (κ1) is 13.6. The number of benzene rings is 2. The number of carboxylic acids is 1. The summed E-state index contributed by atoms with van der Waals surface area (Å²) in [5, 5.41) is 9.08. The Morgan fingerprint density at radius 2 is 1.67 bits per heavy atom. The van der Waals surface area contributed by atoms with Crippen LogP contribution in [0.3, 0.4) is 0 Å². The molecule has 0 fully saturated rings. The van der Waals surface area contributed by atoms with Gasteiger partial charge in [-0.2, -0.15) is 0 Å². The van der Waals surface area contributed by atoms with E-state index in [9.17, 15) is 9.59 Å². The number of fused-ring (bicyclic) bond motifs is 2. The molecule has 2 aromatic carbocycles. The Balaban J connectivity index is 2.10. The van der Waals surface area contributed by atoms with Gasteiger partial charge in [0.15, 0.2) is 5.78 Å². The van der Waals surface area contributed by atoms with Gasteiger partial charge in [0.25, 0.3) is 0 Å². The van der Waals surface area contributed by atoms with Crippen molar-refractivity contribution in [2.45, 2.75) is 26.2 Å². The molecule has 0 spiro atoms. The summed E-state index contributed by atoms with van der Waals surface area (Å²) in [6.45, 7) is 2.09. The molecule has 0 saturated heterocycles. The van der Waals surface area contributed by atoms with Crippen LogP contribution in [0.5, 0.6) is 0 Å². The van der Waals surface area contributed by atoms with Crippen LogP contribution in [0.25, 0.3) is 0 Å². The van der Waals surface area contributed by atoms with Gasteiger partial charge in [0.2, 0.25) is 0 Å². The molecule has 0 bridgehead atoms. The molecule has 1 aliphatic carbocycles. The third-order valence-electron chi connectivity index (χ3n) is 4.08. The lowest BCUT2D eigenvalue weighted by molar-refractivity contribution is 0.0696. The van der Waals surface area contributed by atoms with Crippen LogP contribution >= 0.6 is 0 Å². The molecule has 106 valence electrons. The predicted octanol–water partition coefficient (Wildman–Crippen LogP) is 3.28. The number of hydrogen-bond donors (Lipinski definition) is 1. The summed E-state index contributed by atoms with van der Waals surface area (Å²) in [7, 11) is 0. The van der Waals surface area contributed by atoms with Crippen molar-refractivity contribution in [1.82, 2.24) is 0 Å². The molecule has 3 nitrogen and oxygen atoms in total. The molecule has 3 rings (SSSR count). The van der Waals surface area contributed by atoms with E-state index in [1.54, 1.807) is 12.1 Å². The minimum Gasteiger partial charge on any atom is -0.478 e. The largest absolute Gasteiger partial charge is 0.478 e. The number of aromatic carboxylic acids is 1. The molecule has 21 heavy (non-hydrogen) atoms. The van der Waals surface area contributed by atoms with Crippen molar-refractivity contribution in [2.75, 3.05) is 0 Å². The molecular weight excluding hydrogens is 264 g/mol. The van der Waals surface area contributed by atoms with Crippen LogP contribution in [0.2, 0.25) is 0 Å². The number of carboxylic acid groups (broad SMARTS) is 1. The maximum absolute atomic E-state index is 12.7. The first-order valence-electron chi connectivity index (χ1n) is 7.13. The standard InChI is InChI=1S/C18H16O3/c1-2-11-3-7-15-12(9-11)4-5-13-10-14(18(20)21)6-8-16(13)17(15)19/h3,6-10H,2,4-5H2,1H3,(H,20,21). The Morgan fingerprint density at radius 1 is 1.05 bits per heavy atom. The van der Waals surface area contributed by atoms with Crippen molar-refractivity contribution in [3.8, 4) is 0 Å². The number of ketones is 1. The summed E-state index contributed by atoms with van der Waals surface area (Å²) in [4.78, 5) is 23.7. The molecule has 3 heteroatoms. The zero-order valence-electron chi connectivity index (χ0n) is 11.8. The Labute approximate surface area is 123 Å². The molecule has 1 N–H and O–H groups in total. The van der Waals surface area contributed by atoms with E-state index < -0.39 is 5.97 Å². The molecule has 0 radical (unpaired) electrons. The molecule has 0 saturated carbocycles. The molecule has 0 heterocycles. The Kier molecular flexibility index (Phi) is 3.34. The number of carbonyl (C=O) groups excluding carboxylic acids is 1. The molecular formula is C18H16O3. The van der Waals surface area contributed by atoms with Crippen LogP contribution in [0.4, 0.5) is 0 Å². The van der Waals surface area contributed by atoms with Crippen LogP contribution in [-0.4, -0.2) is 16.9 Å². The number of hydrogen-bond acceptors (Lipinski definition) is 2. The highest BCUT2D eigenvalue weighted by atomic mass is 16.4. The second-order valence-corrected chi connectivity index (χ2v) is 5.35. The molecule has 0 aliphatic heterocycles. The fraction of sp³-hybridized carbons (Fsp3) is 0.222. The van der Waals surface area contributed by atoms with E-state index in [1.165, 1.54) is 11.6 Å². The van der Waals surface area contributed by atoms with Gasteiger partial charge in [-0.1, -0.05) is 25.1 Å². The van der Waals surface area contributed by atoms with E-state index in [0.29, 0.717) is 12.0 Å². The van der Waals surface area contributed by atoms with E-state index in [-0.39, 0.29) is 11.3 Å². The fourth-order valence-electron chi connectivity index (χ4n) is 2.86. The van der Waals surface area contributed by atoms with Crippen LogP contribution < -0.4 is 0 Å². The fourth-order valence-corrected chi connectivity index (χ4v) is 2.86. The number of rotatable bonds is 2. The second kappa shape index (κ2) is 5.17. The van der Waals surface area contributed by atoms with E-state index in [0.717, 1.165) is 29.5 Å². The maximum atomic E-state index is 12.7. The molecule has 0 atom stereocenters. The average molecular weight is 280 g/mol. The second-order valence-electron chi connectivity index (χ2n) is 5.35. The van der Waals surface area contributed by atoms with E-state index >= 15 is 0 Å². The minimum absolute atomic E-state index is 0.00269. The van der Waals surface area contributed by atoms with E-state index in [1.807, 2.05) is 12.1 Å². The zero-order valence-corrected chi connectivity index (χ0v) is 11.8. The number of aryl methyl sites for hydroxylation is 3. The zero-order chi connectivity index (χ0) is 15.0. The predicted molar refractivity (Wildman–Crippen MR) is 80.1 cm³/mol. The van der Waals surface area contributed by atoms with E-state index in [2.05, 4.69) is 13.0 Å². The number of carbonyl (C=O) groups is 2. The van der Waals surface area contributed by atoms with Gasteiger partial charge in [-0.05, 0) is 54.2 Å². The summed E-state index contributed by atoms with van der Waals surface area (Å²) in [6, 6.07) is 10.8. The summed E-state index contributed by atoms with van der Waals surface area (Å²) in [6.07, 6.45) is 2.41. The first-order valence-corrected chi connectivity index (χ1v) is 7.13. The lowest BCUT2D eigenvalue weighted by Crippen LogP contribution is -2.06. The third-order valence-corrected chi connectivity index (χ3v) is 4.08. The molecule has 0 aromatic heterocycles. The Morgan fingerprint density at radius 3 is 2.29 bits per heavy atom. The Bertz CT molecular complexity index is 744. The minimum atomic E-state index is -0.958. The van der Waals surface area contributed by atoms with Crippen molar-refractivity contribution in [2.24, 2.45) is 0 Å². The molecule has 0 amide bonds. The maximum Gasteiger partial charge on any atom is 0.335 e.